The lowest BCUT2D eigenvalue weighted by molar-refractivity contribution is -0.128. The van der Waals surface area contributed by atoms with Gasteiger partial charge < -0.3 is 20.0 Å². The highest BCUT2D eigenvalue weighted by molar-refractivity contribution is 5.86. The molecule has 1 fully saturated rings. The summed E-state index contributed by atoms with van der Waals surface area (Å²) in [6.07, 6.45) is 3.80. The van der Waals surface area contributed by atoms with Crippen LogP contribution in [0.4, 0.5) is 0 Å². The van der Waals surface area contributed by atoms with E-state index >= 15 is 0 Å². The van der Waals surface area contributed by atoms with E-state index in [2.05, 4.69) is 20.6 Å². The topological polar surface area (TPSA) is 82.8 Å². The third-order valence-electron chi connectivity index (χ3n) is 4.18. The summed E-state index contributed by atoms with van der Waals surface area (Å²) in [5.41, 5.74) is 1.68. The van der Waals surface area contributed by atoms with Gasteiger partial charge in [0.2, 0.25) is 11.8 Å². The van der Waals surface area contributed by atoms with Gasteiger partial charge in [0.15, 0.2) is 5.96 Å². The quantitative estimate of drug-likeness (QED) is 0.612. The lowest BCUT2D eigenvalue weighted by Crippen LogP contribution is -2.44. The molecular formula is C19H25N5O2. The molecule has 7 nitrogen and oxygen atoms in total. The van der Waals surface area contributed by atoms with Crippen molar-refractivity contribution in [2.45, 2.75) is 26.3 Å². The van der Waals surface area contributed by atoms with Crippen molar-refractivity contribution in [3.63, 3.8) is 0 Å². The Morgan fingerprint density at radius 2 is 2.00 bits per heavy atom. The third-order valence-corrected chi connectivity index (χ3v) is 4.18. The molecule has 2 aromatic rings. The Bertz CT molecular complexity index is 735. The van der Waals surface area contributed by atoms with E-state index in [0.29, 0.717) is 18.4 Å². The molecule has 3 rings (SSSR count). The maximum Gasteiger partial charge on any atom is 0.241 e. The number of rotatable bonds is 6. The number of hydrogen-bond donors (Lipinski definition) is 2. The fraction of sp³-hybridized carbons (Fsp3) is 0.421. The maximum absolute atomic E-state index is 12.1. The Morgan fingerprint density at radius 1 is 1.23 bits per heavy atom. The minimum atomic E-state index is 0.112. The van der Waals surface area contributed by atoms with E-state index in [1.807, 2.05) is 42.2 Å². The minimum Gasteiger partial charge on any atom is -0.444 e. The van der Waals surface area contributed by atoms with Crippen molar-refractivity contribution in [1.82, 2.24) is 20.5 Å². The fourth-order valence-corrected chi connectivity index (χ4v) is 2.83. The SMILES string of the molecule is CCNC(=NCc1coc(-c2ccccc2)n1)NCC(=O)N1CCCC1. The molecule has 0 saturated carbocycles. The number of likely N-dealkylation sites (tertiary alicyclic amines) is 1. The number of amides is 1. The summed E-state index contributed by atoms with van der Waals surface area (Å²) >= 11 is 0. The number of guanidine groups is 1. The number of carbonyl (C=O) groups is 1. The number of oxazole rings is 1. The van der Waals surface area contributed by atoms with Crippen molar-refractivity contribution in [2.75, 3.05) is 26.2 Å². The van der Waals surface area contributed by atoms with Gasteiger partial charge in [-0.2, -0.15) is 0 Å². The molecule has 7 heteroatoms. The molecule has 1 amide bonds. The summed E-state index contributed by atoms with van der Waals surface area (Å²) in [6, 6.07) is 9.75. The maximum atomic E-state index is 12.1. The van der Waals surface area contributed by atoms with Crippen LogP contribution < -0.4 is 10.6 Å². The molecule has 1 aliphatic rings. The molecule has 0 atom stereocenters. The third kappa shape index (κ3) is 4.84. The van der Waals surface area contributed by atoms with E-state index in [9.17, 15) is 4.79 Å². The van der Waals surface area contributed by atoms with Crippen LogP contribution in [0.2, 0.25) is 0 Å². The van der Waals surface area contributed by atoms with E-state index in [0.717, 1.165) is 43.7 Å². The minimum absolute atomic E-state index is 0.112. The van der Waals surface area contributed by atoms with Crippen LogP contribution in [0, 0.1) is 0 Å². The summed E-state index contributed by atoms with van der Waals surface area (Å²) in [7, 11) is 0. The lowest BCUT2D eigenvalue weighted by Gasteiger charge is -2.17. The van der Waals surface area contributed by atoms with Crippen molar-refractivity contribution in [1.29, 1.82) is 0 Å². The zero-order chi connectivity index (χ0) is 18.2. The first-order valence-electron chi connectivity index (χ1n) is 9.06. The van der Waals surface area contributed by atoms with Gasteiger partial charge in [-0.15, -0.1) is 0 Å². The predicted molar refractivity (Wildman–Crippen MR) is 101 cm³/mol. The molecular weight excluding hydrogens is 330 g/mol. The molecule has 1 aromatic heterocycles. The smallest absolute Gasteiger partial charge is 0.241 e. The highest BCUT2D eigenvalue weighted by Crippen LogP contribution is 2.18. The second-order valence-corrected chi connectivity index (χ2v) is 6.15. The van der Waals surface area contributed by atoms with Crippen LogP contribution in [0.3, 0.4) is 0 Å². The number of nitrogens with zero attached hydrogens (tertiary/aromatic N) is 3. The summed E-state index contributed by atoms with van der Waals surface area (Å²) in [5.74, 6) is 1.29. The van der Waals surface area contributed by atoms with Crippen molar-refractivity contribution >= 4 is 11.9 Å². The Morgan fingerprint density at radius 3 is 2.73 bits per heavy atom. The summed E-state index contributed by atoms with van der Waals surface area (Å²) in [6.45, 7) is 5.05. The number of carbonyl (C=O) groups excluding carboxylic acids is 1. The molecule has 1 saturated heterocycles. The van der Waals surface area contributed by atoms with Gasteiger partial charge in [0.25, 0.3) is 0 Å². The van der Waals surface area contributed by atoms with E-state index < -0.39 is 0 Å². The van der Waals surface area contributed by atoms with E-state index in [1.54, 1.807) is 6.26 Å². The van der Waals surface area contributed by atoms with Crippen LogP contribution in [0.1, 0.15) is 25.5 Å². The molecule has 1 aliphatic heterocycles. The van der Waals surface area contributed by atoms with Gasteiger partial charge >= 0.3 is 0 Å². The van der Waals surface area contributed by atoms with Crippen LogP contribution in [0.5, 0.6) is 0 Å². The Kier molecular flexibility index (Phi) is 6.24. The zero-order valence-corrected chi connectivity index (χ0v) is 15.1. The van der Waals surface area contributed by atoms with Gasteiger partial charge in [0, 0.05) is 25.2 Å². The summed E-state index contributed by atoms with van der Waals surface area (Å²) < 4.78 is 5.53. The molecule has 2 heterocycles. The second-order valence-electron chi connectivity index (χ2n) is 6.15. The Balaban J connectivity index is 1.57. The molecule has 1 aromatic carbocycles. The van der Waals surface area contributed by atoms with Gasteiger partial charge in [0.05, 0.1) is 13.1 Å². The lowest BCUT2D eigenvalue weighted by atomic mass is 10.2. The number of nitrogens with one attached hydrogen (secondary N) is 2. The van der Waals surface area contributed by atoms with Crippen LogP contribution in [0.15, 0.2) is 46.0 Å². The van der Waals surface area contributed by atoms with Crippen molar-refractivity contribution in [3.8, 4) is 11.5 Å². The van der Waals surface area contributed by atoms with Crippen LogP contribution in [-0.2, 0) is 11.3 Å². The van der Waals surface area contributed by atoms with Gasteiger partial charge in [-0.05, 0) is 31.9 Å². The average molecular weight is 355 g/mol. The summed E-state index contributed by atoms with van der Waals surface area (Å²) in [5, 5.41) is 6.24. The highest BCUT2D eigenvalue weighted by Gasteiger charge is 2.17. The summed E-state index contributed by atoms with van der Waals surface area (Å²) in [4.78, 5) is 23.0. The van der Waals surface area contributed by atoms with Gasteiger partial charge in [-0.25, -0.2) is 9.98 Å². The standard InChI is InChI=1S/C19H25N5O2/c1-2-20-19(22-13-17(25)24-10-6-7-11-24)21-12-16-14-26-18(23-16)15-8-4-3-5-9-15/h3-5,8-9,14H,2,6-7,10-13H2,1H3,(H2,20,21,22). The van der Waals surface area contributed by atoms with Crippen molar-refractivity contribution < 1.29 is 9.21 Å². The Hall–Kier alpha value is -2.83. The predicted octanol–water partition coefficient (Wildman–Crippen LogP) is 2.02. The number of hydrogen-bond acceptors (Lipinski definition) is 4. The Labute approximate surface area is 153 Å². The molecule has 0 spiro atoms. The fourth-order valence-electron chi connectivity index (χ4n) is 2.83. The molecule has 138 valence electrons. The first-order valence-corrected chi connectivity index (χ1v) is 9.06. The molecule has 26 heavy (non-hydrogen) atoms. The van der Waals surface area contributed by atoms with Crippen LogP contribution in [0.25, 0.3) is 11.5 Å². The number of benzene rings is 1. The van der Waals surface area contributed by atoms with Crippen molar-refractivity contribution in [3.05, 3.63) is 42.3 Å². The largest absolute Gasteiger partial charge is 0.444 e. The monoisotopic (exact) mass is 355 g/mol. The van der Waals surface area contributed by atoms with Crippen molar-refractivity contribution in [2.24, 2.45) is 4.99 Å². The van der Waals surface area contributed by atoms with Gasteiger partial charge in [0.1, 0.15) is 12.0 Å². The number of aromatic nitrogens is 1. The molecule has 0 aliphatic carbocycles. The molecule has 0 radical (unpaired) electrons. The first kappa shape index (κ1) is 18.0. The highest BCUT2D eigenvalue weighted by atomic mass is 16.3. The first-order chi connectivity index (χ1) is 12.8. The number of aliphatic imine (C=N–C) groups is 1. The molecule has 0 unspecified atom stereocenters. The second kappa shape index (κ2) is 9.03. The average Bonchev–Trinajstić information content (AvgIpc) is 3.36. The zero-order valence-electron chi connectivity index (χ0n) is 15.1. The van der Waals surface area contributed by atoms with E-state index in [1.165, 1.54) is 0 Å². The van der Waals surface area contributed by atoms with Crippen LogP contribution >= 0.6 is 0 Å². The van der Waals surface area contributed by atoms with Crippen LogP contribution in [-0.4, -0.2) is 47.9 Å². The molecule has 2 N–H and O–H groups in total. The van der Waals surface area contributed by atoms with E-state index in [4.69, 9.17) is 4.42 Å². The van der Waals surface area contributed by atoms with Gasteiger partial charge in [-0.1, -0.05) is 18.2 Å². The molecule has 0 bridgehead atoms. The normalized spacial score (nSPS) is 14.5. The van der Waals surface area contributed by atoms with Gasteiger partial charge in [-0.3, -0.25) is 4.79 Å². The van der Waals surface area contributed by atoms with E-state index in [-0.39, 0.29) is 12.5 Å².